The normalized spacial score (nSPS) is 20.5. The first-order chi connectivity index (χ1) is 9.22. The summed E-state index contributed by atoms with van der Waals surface area (Å²) < 4.78 is 26.8. The van der Waals surface area contributed by atoms with Crippen LogP contribution in [0.2, 0.25) is 0 Å². The van der Waals surface area contributed by atoms with Gasteiger partial charge in [-0.15, -0.1) is 0 Å². The predicted octanol–water partition coefficient (Wildman–Crippen LogP) is 1.88. The lowest BCUT2D eigenvalue weighted by atomic mass is 10.1. The van der Waals surface area contributed by atoms with E-state index in [4.69, 9.17) is 5.73 Å². The van der Waals surface area contributed by atoms with E-state index in [0.717, 1.165) is 12.2 Å². The van der Waals surface area contributed by atoms with Gasteiger partial charge in [0.1, 0.15) is 5.75 Å². The topological polar surface area (TPSA) is 83.6 Å². The molecule has 3 N–H and O–H groups in total. The standard InChI is InChI=1S/C13H20N2O3S2/c1-13(2)5-6-15(7-8-19-13)20(17,18)10-3-4-12(16)11(14)9-10/h3-4,9,16H,5-8,14H2,1-2H3. The highest BCUT2D eigenvalue weighted by Gasteiger charge is 2.31. The number of rotatable bonds is 2. The van der Waals surface area contributed by atoms with Gasteiger partial charge in [0.2, 0.25) is 10.0 Å². The van der Waals surface area contributed by atoms with Gasteiger partial charge in [0.05, 0.1) is 10.6 Å². The number of phenols is 1. The second-order valence-electron chi connectivity index (χ2n) is 5.48. The van der Waals surface area contributed by atoms with E-state index in [-0.39, 0.29) is 21.1 Å². The van der Waals surface area contributed by atoms with Gasteiger partial charge in [-0.1, -0.05) is 13.8 Å². The summed E-state index contributed by atoms with van der Waals surface area (Å²) in [6.45, 7) is 5.26. The molecule has 1 aliphatic rings. The summed E-state index contributed by atoms with van der Waals surface area (Å²) in [4.78, 5) is 0.137. The fraction of sp³-hybridized carbons (Fsp3) is 0.538. The average molecular weight is 316 g/mol. The molecule has 0 spiro atoms. The van der Waals surface area contributed by atoms with E-state index in [2.05, 4.69) is 13.8 Å². The molecule has 1 saturated heterocycles. The molecule has 0 atom stereocenters. The van der Waals surface area contributed by atoms with Crippen molar-refractivity contribution in [1.82, 2.24) is 4.31 Å². The van der Waals surface area contributed by atoms with Gasteiger partial charge in [-0.2, -0.15) is 16.1 Å². The lowest BCUT2D eigenvalue weighted by Crippen LogP contribution is -2.33. The van der Waals surface area contributed by atoms with Crippen LogP contribution in [-0.2, 0) is 10.0 Å². The van der Waals surface area contributed by atoms with Crippen molar-refractivity contribution in [1.29, 1.82) is 0 Å². The number of nitrogens with two attached hydrogens (primary N) is 1. The third-order valence-corrected chi connectivity index (χ3v) is 6.70. The van der Waals surface area contributed by atoms with Crippen LogP contribution in [0.25, 0.3) is 0 Å². The van der Waals surface area contributed by atoms with Crippen molar-refractivity contribution >= 4 is 27.5 Å². The van der Waals surface area contributed by atoms with Crippen molar-refractivity contribution in [3.8, 4) is 5.75 Å². The molecule has 1 fully saturated rings. The van der Waals surface area contributed by atoms with E-state index in [1.807, 2.05) is 0 Å². The highest BCUT2D eigenvalue weighted by Crippen LogP contribution is 2.33. The van der Waals surface area contributed by atoms with Crippen LogP contribution in [-0.4, -0.2) is 41.4 Å². The summed E-state index contributed by atoms with van der Waals surface area (Å²) >= 11 is 1.79. The molecule has 5 nitrogen and oxygen atoms in total. The number of benzene rings is 1. The Labute approximate surface area is 124 Å². The van der Waals surface area contributed by atoms with Crippen molar-refractivity contribution in [2.24, 2.45) is 0 Å². The maximum absolute atomic E-state index is 12.6. The molecule has 2 rings (SSSR count). The van der Waals surface area contributed by atoms with Gasteiger partial charge in [-0.05, 0) is 24.6 Å². The van der Waals surface area contributed by atoms with E-state index >= 15 is 0 Å². The molecule has 0 bridgehead atoms. The minimum atomic E-state index is -3.55. The number of nitrogen functional groups attached to an aromatic ring is 1. The fourth-order valence-corrected chi connectivity index (χ4v) is 4.78. The predicted molar refractivity (Wildman–Crippen MR) is 82.4 cm³/mol. The van der Waals surface area contributed by atoms with E-state index in [1.54, 1.807) is 11.8 Å². The molecule has 0 radical (unpaired) electrons. The first-order valence-electron chi connectivity index (χ1n) is 6.45. The molecule has 1 aliphatic heterocycles. The lowest BCUT2D eigenvalue weighted by molar-refractivity contribution is 0.415. The number of thioether (sulfide) groups is 1. The zero-order valence-corrected chi connectivity index (χ0v) is 13.3. The Morgan fingerprint density at radius 1 is 1.35 bits per heavy atom. The Hall–Kier alpha value is -0.920. The second kappa shape index (κ2) is 5.46. The highest BCUT2D eigenvalue weighted by atomic mass is 32.2. The molecular weight excluding hydrogens is 296 g/mol. The van der Waals surface area contributed by atoms with Gasteiger partial charge >= 0.3 is 0 Å². The Morgan fingerprint density at radius 3 is 2.70 bits per heavy atom. The maximum atomic E-state index is 12.6. The van der Waals surface area contributed by atoms with Crippen LogP contribution in [0.4, 0.5) is 5.69 Å². The number of sulfonamides is 1. The molecule has 0 unspecified atom stereocenters. The first kappa shape index (κ1) is 15.5. The number of hydrogen-bond donors (Lipinski definition) is 2. The van der Waals surface area contributed by atoms with Crippen LogP contribution in [0, 0.1) is 0 Å². The van der Waals surface area contributed by atoms with Gasteiger partial charge in [0.25, 0.3) is 0 Å². The van der Waals surface area contributed by atoms with Crippen LogP contribution in [0.3, 0.4) is 0 Å². The number of hydrogen-bond acceptors (Lipinski definition) is 5. The average Bonchev–Trinajstić information content (AvgIpc) is 2.54. The summed E-state index contributed by atoms with van der Waals surface area (Å²) in [7, 11) is -3.55. The van der Waals surface area contributed by atoms with Crippen LogP contribution in [0.5, 0.6) is 5.75 Å². The Morgan fingerprint density at radius 2 is 2.05 bits per heavy atom. The smallest absolute Gasteiger partial charge is 0.243 e. The summed E-state index contributed by atoms with van der Waals surface area (Å²) in [5.41, 5.74) is 5.66. The molecular formula is C13H20N2O3S2. The van der Waals surface area contributed by atoms with E-state index in [0.29, 0.717) is 13.1 Å². The minimum Gasteiger partial charge on any atom is -0.506 e. The van der Waals surface area contributed by atoms with E-state index in [1.165, 1.54) is 22.5 Å². The Bertz CT molecular complexity index is 600. The number of anilines is 1. The van der Waals surface area contributed by atoms with Crippen molar-refractivity contribution in [3.05, 3.63) is 18.2 Å². The molecule has 112 valence electrons. The summed E-state index contributed by atoms with van der Waals surface area (Å²) in [5.74, 6) is 0.677. The Balaban J connectivity index is 2.28. The zero-order chi connectivity index (χ0) is 15.0. The summed E-state index contributed by atoms with van der Waals surface area (Å²) in [5, 5.41) is 9.40. The van der Waals surface area contributed by atoms with Gasteiger partial charge < -0.3 is 10.8 Å². The fourth-order valence-electron chi connectivity index (χ4n) is 2.08. The Kier molecular flexibility index (Phi) is 4.22. The molecule has 1 aromatic rings. The maximum Gasteiger partial charge on any atom is 0.243 e. The monoisotopic (exact) mass is 316 g/mol. The number of phenolic OH excluding ortho intramolecular Hbond substituents is 1. The molecule has 0 amide bonds. The van der Waals surface area contributed by atoms with Crippen molar-refractivity contribution in [2.75, 3.05) is 24.6 Å². The quantitative estimate of drug-likeness (QED) is 0.643. The van der Waals surface area contributed by atoms with Crippen molar-refractivity contribution in [3.63, 3.8) is 0 Å². The van der Waals surface area contributed by atoms with Gasteiger partial charge in [-0.3, -0.25) is 0 Å². The van der Waals surface area contributed by atoms with Gasteiger partial charge in [-0.25, -0.2) is 8.42 Å². The third-order valence-electron chi connectivity index (χ3n) is 3.43. The highest BCUT2D eigenvalue weighted by molar-refractivity contribution is 8.00. The summed E-state index contributed by atoms with van der Waals surface area (Å²) in [6, 6.07) is 4.02. The summed E-state index contributed by atoms with van der Waals surface area (Å²) in [6.07, 6.45) is 0.810. The largest absolute Gasteiger partial charge is 0.506 e. The zero-order valence-electron chi connectivity index (χ0n) is 11.7. The molecule has 0 aromatic heterocycles. The SMILES string of the molecule is CC1(C)CCN(S(=O)(=O)c2ccc(O)c(N)c2)CCS1. The number of aromatic hydroxyl groups is 1. The van der Waals surface area contributed by atoms with E-state index < -0.39 is 10.0 Å². The van der Waals surface area contributed by atoms with Crippen molar-refractivity contribution < 1.29 is 13.5 Å². The molecule has 1 aromatic carbocycles. The van der Waals surface area contributed by atoms with Gasteiger partial charge in [0, 0.05) is 23.6 Å². The van der Waals surface area contributed by atoms with Crippen LogP contribution in [0.15, 0.2) is 23.1 Å². The van der Waals surface area contributed by atoms with E-state index in [9.17, 15) is 13.5 Å². The van der Waals surface area contributed by atoms with Crippen LogP contribution >= 0.6 is 11.8 Å². The minimum absolute atomic E-state index is 0.0793. The van der Waals surface area contributed by atoms with Crippen LogP contribution in [0.1, 0.15) is 20.3 Å². The van der Waals surface area contributed by atoms with Crippen molar-refractivity contribution in [2.45, 2.75) is 29.9 Å². The molecule has 0 aliphatic carbocycles. The molecule has 0 saturated carbocycles. The molecule has 20 heavy (non-hydrogen) atoms. The first-order valence-corrected chi connectivity index (χ1v) is 8.87. The third kappa shape index (κ3) is 3.21. The van der Waals surface area contributed by atoms with Gasteiger partial charge in [0.15, 0.2) is 0 Å². The van der Waals surface area contributed by atoms with Crippen LogP contribution < -0.4 is 5.73 Å². The lowest BCUT2D eigenvalue weighted by Gasteiger charge is -2.22. The number of nitrogens with zero attached hydrogens (tertiary/aromatic N) is 1. The molecule has 7 heteroatoms. The second-order valence-corrected chi connectivity index (χ2v) is 9.22. The molecule has 1 heterocycles.